The molecule has 2 heterocycles. The molecule has 0 radical (unpaired) electrons. The minimum Gasteiger partial charge on any atom is -0.422 e. The number of aromatic amines is 1. The molecule has 0 spiro atoms. The van der Waals surface area contributed by atoms with Crippen molar-refractivity contribution in [2.24, 2.45) is 11.8 Å². The predicted octanol–water partition coefficient (Wildman–Crippen LogP) is 5.56. The number of H-pyrrole nitrogens is 1. The molecule has 1 aliphatic heterocycles. The monoisotopic (exact) mass is 388 g/mol. The molecule has 0 bridgehead atoms. The van der Waals surface area contributed by atoms with Crippen molar-refractivity contribution in [3.8, 4) is 23.2 Å². The zero-order valence-electron chi connectivity index (χ0n) is 14.1. The summed E-state index contributed by atoms with van der Waals surface area (Å²) in [5.41, 5.74) is 2.53. The van der Waals surface area contributed by atoms with Gasteiger partial charge in [0.1, 0.15) is 5.92 Å². The van der Waals surface area contributed by atoms with E-state index in [1.54, 1.807) is 12.1 Å². The van der Waals surface area contributed by atoms with E-state index in [1.165, 1.54) is 6.42 Å². The number of nitriles is 1. The number of nitrogens with zero attached hydrogens (tertiary/aromatic N) is 2. The number of hydrogen-bond acceptors (Lipinski definition) is 4. The van der Waals surface area contributed by atoms with Crippen LogP contribution in [0.25, 0.3) is 11.3 Å². The highest BCUT2D eigenvalue weighted by Crippen LogP contribution is 2.49. The second-order valence-electron chi connectivity index (χ2n) is 6.94. The molecule has 134 valence electrons. The molecule has 4 rings (SSSR count). The first-order valence-corrected chi connectivity index (χ1v) is 9.55. The summed E-state index contributed by atoms with van der Waals surface area (Å²) in [6.07, 6.45) is 5.65. The minimum absolute atomic E-state index is 0.0113. The lowest BCUT2D eigenvalue weighted by molar-refractivity contribution is 0.265. The summed E-state index contributed by atoms with van der Waals surface area (Å²) in [5, 5.41) is 26.1. The maximum absolute atomic E-state index is 9.73. The maximum Gasteiger partial charge on any atom is 0.243 e. The van der Waals surface area contributed by atoms with Crippen molar-refractivity contribution in [1.29, 1.82) is 10.7 Å². The highest BCUT2D eigenvalue weighted by molar-refractivity contribution is 6.42. The number of rotatable bonds is 2. The number of benzene rings is 1. The average Bonchev–Trinajstić information content (AvgIpc) is 3.06. The van der Waals surface area contributed by atoms with Gasteiger partial charge >= 0.3 is 0 Å². The Labute approximate surface area is 161 Å². The second kappa shape index (κ2) is 6.94. The van der Waals surface area contributed by atoms with Crippen molar-refractivity contribution >= 4 is 29.1 Å². The lowest BCUT2D eigenvalue weighted by atomic mass is 9.70. The van der Waals surface area contributed by atoms with Crippen LogP contribution in [0.1, 0.15) is 43.6 Å². The van der Waals surface area contributed by atoms with E-state index < -0.39 is 5.92 Å². The molecule has 7 heteroatoms. The Morgan fingerprint density at radius 1 is 1.19 bits per heavy atom. The van der Waals surface area contributed by atoms with Gasteiger partial charge in [-0.1, -0.05) is 48.5 Å². The number of aromatic nitrogens is 2. The third kappa shape index (κ3) is 2.87. The highest BCUT2D eigenvalue weighted by Gasteiger charge is 2.43. The van der Waals surface area contributed by atoms with E-state index in [2.05, 4.69) is 16.3 Å². The zero-order chi connectivity index (χ0) is 18.3. The van der Waals surface area contributed by atoms with Crippen molar-refractivity contribution < 1.29 is 4.74 Å². The Balaban J connectivity index is 1.85. The van der Waals surface area contributed by atoms with Gasteiger partial charge in [0.25, 0.3) is 0 Å². The first-order chi connectivity index (χ1) is 12.6. The van der Waals surface area contributed by atoms with Crippen LogP contribution in [0.15, 0.2) is 18.2 Å². The lowest BCUT2D eigenvalue weighted by Gasteiger charge is -2.35. The van der Waals surface area contributed by atoms with Crippen molar-refractivity contribution in [3.63, 3.8) is 0 Å². The Morgan fingerprint density at radius 3 is 2.65 bits per heavy atom. The molecule has 1 saturated carbocycles. The first kappa shape index (κ1) is 17.4. The third-order valence-electron chi connectivity index (χ3n) is 5.46. The van der Waals surface area contributed by atoms with E-state index in [1.807, 2.05) is 6.07 Å². The summed E-state index contributed by atoms with van der Waals surface area (Å²) in [7, 11) is 0. The number of nitrogens with one attached hydrogen (secondary N) is 2. The van der Waals surface area contributed by atoms with E-state index in [4.69, 9.17) is 33.3 Å². The number of halogens is 2. The molecule has 2 aromatic rings. The van der Waals surface area contributed by atoms with Gasteiger partial charge in [-0.15, -0.1) is 5.10 Å². The molecule has 0 saturated heterocycles. The van der Waals surface area contributed by atoms with Crippen LogP contribution in [0.2, 0.25) is 10.0 Å². The molecule has 26 heavy (non-hydrogen) atoms. The molecule has 0 amide bonds. The summed E-state index contributed by atoms with van der Waals surface area (Å²) in [4.78, 5) is 0. The van der Waals surface area contributed by atoms with Gasteiger partial charge in [0, 0.05) is 17.0 Å². The fourth-order valence-electron chi connectivity index (χ4n) is 4.23. The van der Waals surface area contributed by atoms with E-state index in [-0.39, 0.29) is 11.8 Å². The van der Waals surface area contributed by atoms with E-state index >= 15 is 0 Å². The SMILES string of the molecule is N#CC1C(=N)Oc2n[nH]c(-c3ccc(Cl)c(Cl)c3)c2C1C1CCCCC1. The van der Waals surface area contributed by atoms with Crippen LogP contribution in [-0.4, -0.2) is 16.1 Å². The Morgan fingerprint density at radius 2 is 1.96 bits per heavy atom. The Kier molecular flexibility index (Phi) is 4.64. The van der Waals surface area contributed by atoms with Crippen molar-refractivity contribution in [2.45, 2.75) is 38.0 Å². The van der Waals surface area contributed by atoms with Crippen LogP contribution < -0.4 is 4.74 Å². The zero-order valence-corrected chi connectivity index (χ0v) is 15.6. The Hall–Kier alpha value is -2.03. The molecule has 1 aromatic carbocycles. The molecular weight excluding hydrogens is 371 g/mol. The molecule has 1 aliphatic carbocycles. The second-order valence-corrected chi connectivity index (χ2v) is 7.76. The van der Waals surface area contributed by atoms with Crippen LogP contribution in [0.5, 0.6) is 5.88 Å². The highest BCUT2D eigenvalue weighted by atomic mass is 35.5. The van der Waals surface area contributed by atoms with Crippen LogP contribution in [-0.2, 0) is 0 Å². The van der Waals surface area contributed by atoms with E-state index in [9.17, 15) is 5.26 Å². The van der Waals surface area contributed by atoms with Gasteiger partial charge in [-0.3, -0.25) is 10.5 Å². The normalized spacial score (nSPS) is 23.2. The summed E-state index contributed by atoms with van der Waals surface area (Å²) in [6, 6.07) is 7.70. The van der Waals surface area contributed by atoms with Gasteiger partial charge in [-0.05, 0) is 30.9 Å². The minimum atomic E-state index is -0.593. The summed E-state index contributed by atoms with van der Waals surface area (Å²) < 4.78 is 5.57. The van der Waals surface area contributed by atoms with Crippen LogP contribution in [0.4, 0.5) is 0 Å². The Bertz CT molecular complexity index is 895. The largest absolute Gasteiger partial charge is 0.422 e. The van der Waals surface area contributed by atoms with Crippen LogP contribution in [0.3, 0.4) is 0 Å². The van der Waals surface area contributed by atoms with Gasteiger partial charge < -0.3 is 4.74 Å². The lowest BCUT2D eigenvalue weighted by Crippen LogP contribution is -2.35. The van der Waals surface area contributed by atoms with E-state index in [0.29, 0.717) is 21.8 Å². The number of fused-ring (bicyclic) bond motifs is 1. The summed E-state index contributed by atoms with van der Waals surface area (Å²) >= 11 is 12.2. The molecule has 5 nitrogen and oxygen atoms in total. The van der Waals surface area contributed by atoms with Crippen molar-refractivity contribution in [2.75, 3.05) is 0 Å². The molecule has 2 atom stereocenters. The molecule has 2 aliphatic rings. The molecule has 1 fully saturated rings. The van der Waals surface area contributed by atoms with Gasteiger partial charge in [0.05, 0.1) is 21.8 Å². The first-order valence-electron chi connectivity index (χ1n) is 8.79. The average molecular weight is 389 g/mol. The smallest absolute Gasteiger partial charge is 0.243 e. The van der Waals surface area contributed by atoms with Gasteiger partial charge in [0.15, 0.2) is 0 Å². The van der Waals surface area contributed by atoms with E-state index in [0.717, 1.165) is 42.5 Å². The van der Waals surface area contributed by atoms with Crippen LogP contribution >= 0.6 is 23.2 Å². The van der Waals surface area contributed by atoms with Crippen LogP contribution in [0, 0.1) is 28.6 Å². The molecule has 2 N–H and O–H groups in total. The fourth-order valence-corrected chi connectivity index (χ4v) is 4.53. The molecular formula is C19H18Cl2N4O. The van der Waals surface area contributed by atoms with Gasteiger partial charge in [-0.2, -0.15) is 5.26 Å². The molecule has 2 unspecified atom stereocenters. The fraction of sp³-hybridized carbons (Fsp3) is 0.421. The predicted molar refractivity (Wildman–Crippen MR) is 101 cm³/mol. The van der Waals surface area contributed by atoms with Crippen molar-refractivity contribution in [1.82, 2.24) is 10.2 Å². The van der Waals surface area contributed by atoms with Gasteiger partial charge in [-0.25, -0.2) is 0 Å². The molecule has 1 aromatic heterocycles. The summed E-state index contributed by atoms with van der Waals surface area (Å²) in [5.74, 6) is 0.0425. The third-order valence-corrected chi connectivity index (χ3v) is 6.19. The topological polar surface area (TPSA) is 85.6 Å². The van der Waals surface area contributed by atoms with Gasteiger partial charge in [0.2, 0.25) is 11.8 Å². The maximum atomic E-state index is 9.73. The number of hydrogen-bond donors (Lipinski definition) is 2. The number of ether oxygens (including phenoxy) is 1. The summed E-state index contributed by atoms with van der Waals surface area (Å²) in [6.45, 7) is 0. The quantitative estimate of drug-likeness (QED) is 0.705. The standard InChI is InChI=1S/C19H18Cl2N4O/c20-13-7-6-11(8-14(13)21)17-16-15(10-4-2-1-3-5-10)12(9-22)18(23)26-19(16)25-24-17/h6-8,10,12,15,23H,1-5H2,(H,24,25). The van der Waals surface area contributed by atoms with Crippen molar-refractivity contribution in [3.05, 3.63) is 33.8 Å².